The van der Waals surface area contributed by atoms with Gasteiger partial charge < -0.3 is 59.7 Å². The normalized spacial score (nSPS) is 46.4. The number of aliphatic hydroxyl groups is 7. The van der Waals surface area contributed by atoms with Crippen LogP contribution in [0.5, 0.6) is 0 Å². The minimum atomic E-state index is -4.93. The summed E-state index contributed by atoms with van der Waals surface area (Å²) in [6.45, 7) is -2.50. The number of hydrogen-bond acceptors (Lipinski definition) is 12. The van der Waals surface area contributed by atoms with Crippen molar-refractivity contribution in [3.63, 3.8) is 0 Å². The monoisotopic (exact) mass is 422 g/mol. The summed E-state index contributed by atoms with van der Waals surface area (Å²) in [6, 6.07) is 0. The van der Waals surface area contributed by atoms with Crippen LogP contribution in [0.3, 0.4) is 0 Å². The molecule has 0 spiro atoms. The topological polar surface area (TPSA) is 236 Å². The van der Waals surface area contributed by atoms with Gasteiger partial charge in [0.2, 0.25) is 5.79 Å². The molecular weight excluding hydrogens is 399 g/mol. The zero-order valence-electron chi connectivity index (χ0n) is 13.8. The van der Waals surface area contributed by atoms with Gasteiger partial charge in [-0.2, -0.15) is 0 Å². The molecule has 2 heterocycles. The Labute approximate surface area is 152 Å². The van der Waals surface area contributed by atoms with Gasteiger partial charge in [0, 0.05) is 0 Å². The van der Waals surface area contributed by atoms with E-state index in [0.29, 0.717) is 0 Å². The van der Waals surface area contributed by atoms with Crippen molar-refractivity contribution in [3.8, 4) is 0 Å². The molecule has 0 aromatic carbocycles. The molecule has 0 aromatic rings. The third kappa shape index (κ3) is 5.20. The molecule has 2 rings (SSSR count). The van der Waals surface area contributed by atoms with Crippen molar-refractivity contribution in [3.05, 3.63) is 0 Å². The van der Waals surface area contributed by atoms with E-state index < -0.39 is 82.4 Å². The van der Waals surface area contributed by atoms with Crippen LogP contribution in [0.4, 0.5) is 0 Å². The lowest BCUT2D eigenvalue weighted by molar-refractivity contribution is -0.386. The Morgan fingerprint density at radius 3 is 2.22 bits per heavy atom. The second kappa shape index (κ2) is 8.61. The number of hydrogen-bond donors (Lipinski definition) is 9. The largest absolute Gasteiger partial charge is 0.469 e. The van der Waals surface area contributed by atoms with Crippen molar-refractivity contribution in [2.24, 2.45) is 0 Å². The van der Waals surface area contributed by atoms with E-state index >= 15 is 0 Å². The lowest BCUT2D eigenvalue weighted by Gasteiger charge is -2.47. The van der Waals surface area contributed by atoms with Gasteiger partial charge in [-0.25, -0.2) is 4.57 Å². The van der Waals surface area contributed by atoms with Gasteiger partial charge in [-0.3, -0.25) is 4.52 Å². The van der Waals surface area contributed by atoms with Crippen molar-refractivity contribution < 1.29 is 68.8 Å². The molecule has 9 atom stereocenters. The fraction of sp³-hybridized carbons (Fsp3) is 1.00. The molecule has 0 saturated carbocycles. The highest BCUT2D eigenvalue weighted by Crippen LogP contribution is 2.37. The Kier molecular flexibility index (Phi) is 7.33. The van der Waals surface area contributed by atoms with E-state index in [0.717, 1.165) is 0 Å². The Balaban J connectivity index is 2.15. The van der Waals surface area contributed by atoms with Crippen molar-refractivity contribution in [2.75, 3.05) is 19.8 Å². The lowest BCUT2D eigenvalue weighted by atomic mass is 9.96. The molecule has 160 valence electrons. The van der Waals surface area contributed by atoms with Gasteiger partial charge in [0.15, 0.2) is 6.29 Å². The van der Waals surface area contributed by atoms with Crippen molar-refractivity contribution in [2.45, 2.75) is 54.8 Å². The van der Waals surface area contributed by atoms with E-state index in [1.54, 1.807) is 0 Å². The highest BCUT2D eigenvalue weighted by molar-refractivity contribution is 7.46. The average molecular weight is 422 g/mol. The maximum absolute atomic E-state index is 10.8. The van der Waals surface area contributed by atoms with E-state index in [9.17, 15) is 40.3 Å². The predicted octanol–water partition coefficient (Wildman–Crippen LogP) is -5.28. The first-order chi connectivity index (χ1) is 12.4. The van der Waals surface area contributed by atoms with Gasteiger partial charge in [-0.1, -0.05) is 0 Å². The van der Waals surface area contributed by atoms with Crippen molar-refractivity contribution >= 4 is 7.82 Å². The number of phosphoric ester groups is 1. The Bertz CT molecular complexity index is 542. The summed E-state index contributed by atoms with van der Waals surface area (Å²) >= 11 is 0. The molecule has 0 amide bonds. The summed E-state index contributed by atoms with van der Waals surface area (Å²) in [4.78, 5) is 17.4. The zero-order chi connectivity index (χ0) is 20.6. The molecule has 9 N–H and O–H groups in total. The molecule has 0 aliphatic carbocycles. The van der Waals surface area contributed by atoms with Crippen LogP contribution < -0.4 is 0 Å². The Morgan fingerprint density at radius 2 is 1.67 bits per heavy atom. The molecule has 0 radical (unpaired) electrons. The molecule has 0 aromatic heterocycles. The molecule has 2 saturated heterocycles. The van der Waals surface area contributed by atoms with Gasteiger partial charge in [0.1, 0.15) is 42.7 Å². The van der Waals surface area contributed by atoms with Crippen LogP contribution in [-0.2, 0) is 23.3 Å². The van der Waals surface area contributed by atoms with Gasteiger partial charge >= 0.3 is 7.82 Å². The van der Waals surface area contributed by atoms with Crippen LogP contribution in [0.25, 0.3) is 0 Å². The quantitative estimate of drug-likeness (QED) is 0.182. The maximum atomic E-state index is 10.8. The summed E-state index contributed by atoms with van der Waals surface area (Å²) in [5.41, 5.74) is 0. The molecule has 27 heavy (non-hydrogen) atoms. The number of phosphoric acid groups is 1. The molecule has 15 heteroatoms. The molecule has 14 nitrogen and oxygen atoms in total. The predicted molar refractivity (Wildman–Crippen MR) is 79.6 cm³/mol. The molecule has 2 aliphatic rings. The fourth-order valence-electron chi connectivity index (χ4n) is 2.68. The van der Waals surface area contributed by atoms with E-state index in [1.165, 1.54) is 0 Å². The van der Waals surface area contributed by atoms with Crippen molar-refractivity contribution in [1.29, 1.82) is 0 Å². The lowest BCUT2D eigenvalue weighted by Crippen LogP contribution is -2.67. The molecule has 2 fully saturated rings. The first-order valence-electron chi connectivity index (χ1n) is 7.78. The molecule has 2 aliphatic heterocycles. The first-order valence-corrected chi connectivity index (χ1v) is 9.31. The van der Waals surface area contributed by atoms with Crippen LogP contribution in [0.15, 0.2) is 0 Å². The van der Waals surface area contributed by atoms with Crippen LogP contribution in [0, 0.1) is 0 Å². The minimum Gasteiger partial charge on any atom is -0.391 e. The van der Waals surface area contributed by atoms with Crippen LogP contribution in [-0.4, -0.2) is 120 Å². The fourth-order valence-corrected chi connectivity index (χ4v) is 3.02. The summed E-state index contributed by atoms with van der Waals surface area (Å²) < 4.78 is 30.1. The van der Waals surface area contributed by atoms with Crippen LogP contribution in [0.2, 0.25) is 0 Å². The Morgan fingerprint density at radius 1 is 1.04 bits per heavy atom. The second-order valence-corrected chi connectivity index (χ2v) is 7.47. The second-order valence-electron chi connectivity index (χ2n) is 6.23. The van der Waals surface area contributed by atoms with E-state index in [-0.39, 0.29) is 0 Å². The molecule has 0 bridgehead atoms. The van der Waals surface area contributed by atoms with Crippen LogP contribution in [0.1, 0.15) is 0 Å². The highest BCUT2D eigenvalue weighted by atomic mass is 31.2. The third-order valence-electron chi connectivity index (χ3n) is 4.24. The summed E-state index contributed by atoms with van der Waals surface area (Å²) in [6.07, 6.45) is -14.3. The smallest absolute Gasteiger partial charge is 0.391 e. The Hall–Kier alpha value is -0.290. The van der Waals surface area contributed by atoms with Crippen molar-refractivity contribution in [1.82, 2.24) is 0 Å². The molecular formula is C12H23O14P. The van der Waals surface area contributed by atoms with Crippen LogP contribution >= 0.6 is 7.82 Å². The number of ether oxygens (including phenoxy) is 3. The standard InChI is InChI=1S/C12H23O14P/c13-3-12(19)10(6(15)4(14)1-23-12)26-11-9(18)8(17)7(16)5(25-11)2-24-27(20,21)22/h4-11,13-19H,1-3H2,(H2,20,21,22)/t4-,5-,6-,7-,8+,9-,10+,11-,12-/m1/s1. The van der Waals surface area contributed by atoms with Gasteiger partial charge in [0.25, 0.3) is 0 Å². The zero-order valence-corrected chi connectivity index (χ0v) is 14.6. The summed E-state index contributed by atoms with van der Waals surface area (Å²) in [5.74, 6) is -2.49. The summed E-state index contributed by atoms with van der Waals surface area (Å²) in [7, 11) is -4.93. The minimum absolute atomic E-state index is 0.535. The summed E-state index contributed by atoms with van der Waals surface area (Å²) in [5, 5.41) is 68.9. The van der Waals surface area contributed by atoms with E-state index in [1.807, 2.05) is 0 Å². The molecule has 0 unspecified atom stereocenters. The highest BCUT2D eigenvalue weighted by Gasteiger charge is 2.54. The maximum Gasteiger partial charge on any atom is 0.469 e. The first kappa shape index (κ1) is 23.0. The third-order valence-corrected chi connectivity index (χ3v) is 4.72. The number of rotatable bonds is 6. The van der Waals surface area contributed by atoms with Gasteiger partial charge in [-0.05, 0) is 0 Å². The van der Waals surface area contributed by atoms with Gasteiger partial charge in [0.05, 0.1) is 19.8 Å². The van der Waals surface area contributed by atoms with E-state index in [4.69, 9.17) is 24.0 Å². The van der Waals surface area contributed by atoms with E-state index in [2.05, 4.69) is 4.52 Å². The average Bonchev–Trinajstić information content (AvgIpc) is 2.60. The SMILES string of the molecule is O=P(O)(O)OC[C@H]1O[C@H](O[C@H]2[C@H](O)[C@H](O)CO[C@]2(O)CO)[C@H](O)[C@@H](O)[C@@H]1O. The number of aliphatic hydroxyl groups excluding tert-OH is 6. The van der Waals surface area contributed by atoms with Gasteiger partial charge in [-0.15, -0.1) is 0 Å².